The smallest absolute Gasteiger partial charge is 0.0918 e. The molecule has 28 heavy (non-hydrogen) atoms. The monoisotopic (exact) mass is 416 g/mol. The Kier molecular flexibility index (Phi) is 6.52. The Labute approximate surface area is 175 Å². The molecular formula is C23H29ClN2OS. The van der Waals surface area contributed by atoms with Gasteiger partial charge in [0, 0.05) is 29.3 Å². The lowest BCUT2D eigenvalue weighted by Gasteiger charge is -2.32. The second-order valence-corrected chi connectivity index (χ2v) is 10.0. The molecule has 0 amide bonds. The Morgan fingerprint density at radius 1 is 1.11 bits per heavy atom. The summed E-state index contributed by atoms with van der Waals surface area (Å²) in [5.74, 6) is 1.81. The first kappa shape index (κ1) is 20.1. The maximum atomic E-state index is 12.0. The number of rotatable bonds is 8. The molecule has 5 heteroatoms. The molecular weight excluding hydrogens is 388 g/mol. The van der Waals surface area contributed by atoms with Crippen LogP contribution in [0.3, 0.4) is 0 Å². The van der Waals surface area contributed by atoms with E-state index < -0.39 is 11.0 Å². The van der Waals surface area contributed by atoms with Crippen LogP contribution >= 0.6 is 11.6 Å². The minimum absolute atomic E-state index is 0.172. The molecule has 0 bridgehead atoms. The zero-order valence-electron chi connectivity index (χ0n) is 16.2. The average molecular weight is 417 g/mol. The third-order valence-corrected chi connectivity index (χ3v) is 7.51. The van der Waals surface area contributed by atoms with Gasteiger partial charge in [0.25, 0.3) is 0 Å². The van der Waals surface area contributed by atoms with E-state index in [1.807, 2.05) is 18.2 Å². The van der Waals surface area contributed by atoms with Crippen molar-refractivity contribution in [1.29, 1.82) is 0 Å². The summed E-state index contributed by atoms with van der Waals surface area (Å²) in [6, 6.07) is 15.1. The van der Waals surface area contributed by atoms with E-state index in [0.717, 1.165) is 43.0 Å². The highest BCUT2D eigenvalue weighted by atomic mass is 35.5. The van der Waals surface area contributed by atoms with Crippen LogP contribution in [0.2, 0.25) is 5.02 Å². The summed E-state index contributed by atoms with van der Waals surface area (Å²) in [5.41, 5.74) is 11.9. The van der Waals surface area contributed by atoms with E-state index >= 15 is 0 Å². The first-order valence-electron chi connectivity index (χ1n) is 10.3. The Morgan fingerprint density at radius 3 is 2.75 bits per heavy atom. The van der Waals surface area contributed by atoms with Crippen LogP contribution in [-0.2, 0) is 30.2 Å². The van der Waals surface area contributed by atoms with Crippen LogP contribution in [0.4, 0.5) is 0 Å². The molecule has 1 saturated carbocycles. The average Bonchev–Trinajstić information content (AvgIpc) is 3.48. The lowest BCUT2D eigenvalue weighted by atomic mass is 9.76. The molecule has 3 unspecified atom stereocenters. The highest BCUT2D eigenvalue weighted by molar-refractivity contribution is 7.83. The van der Waals surface area contributed by atoms with Crippen molar-refractivity contribution in [1.82, 2.24) is 4.72 Å². The van der Waals surface area contributed by atoms with Crippen LogP contribution < -0.4 is 10.5 Å². The topological polar surface area (TPSA) is 55.1 Å². The second kappa shape index (κ2) is 9.08. The zero-order valence-corrected chi connectivity index (χ0v) is 17.8. The quantitative estimate of drug-likeness (QED) is 0.679. The van der Waals surface area contributed by atoms with Gasteiger partial charge in [-0.2, -0.15) is 0 Å². The molecule has 0 aliphatic heterocycles. The van der Waals surface area contributed by atoms with Crippen LogP contribution in [0, 0.1) is 5.92 Å². The molecule has 2 aromatic carbocycles. The van der Waals surface area contributed by atoms with Gasteiger partial charge in [0.15, 0.2) is 0 Å². The molecule has 150 valence electrons. The van der Waals surface area contributed by atoms with Gasteiger partial charge in [0.05, 0.1) is 11.0 Å². The Bertz CT molecular complexity index is 852. The van der Waals surface area contributed by atoms with Gasteiger partial charge in [-0.15, -0.1) is 0 Å². The second-order valence-electron chi connectivity index (χ2n) is 8.28. The van der Waals surface area contributed by atoms with E-state index in [2.05, 4.69) is 29.0 Å². The van der Waals surface area contributed by atoms with Crippen LogP contribution in [0.15, 0.2) is 42.5 Å². The summed E-state index contributed by atoms with van der Waals surface area (Å²) < 4.78 is 15.2. The third-order valence-electron chi connectivity index (χ3n) is 5.98. The Morgan fingerprint density at radius 2 is 1.96 bits per heavy atom. The predicted octanol–water partition coefficient (Wildman–Crippen LogP) is 4.15. The van der Waals surface area contributed by atoms with Crippen LogP contribution in [0.5, 0.6) is 0 Å². The van der Waals surface area contributed by atoms with Gasteiger partial charge >= 0.3 is 0 Å². The number of hydrogen-bond acceptors (Lipinski definition) is 2. The number of hydrogen-bond donors (Lipinski definition) is 2. The highest BCUT2D eigenvalue weighted by Gasteiger charge is 2.27. The van der Waals surface area contributed by atoms with E-state index in [1.54, 1.807) is 0 Å². The van der Waals surface area contributed by atoms with Crippen molar-refractivity contribution in [2.24, 2.45) is 11.7 Å². The lowest BCUT2D eigenvalue weighted by molar-refractivity contribution is 0.467. The summed E-state index contributed by atoms with van der Waals surface area (Å²) in [5, 5.41) is 0.779. The molecule has 2 aliphatic carbocycles. The molecule has 2 aliphatic rings. The van der Waals surface area contributed by atoms with Gasteiger partial charge in [-0.25, -0.2) is 8.93 Å². The largest absolute Gasteiger partial charge is 0.327 e. The molecule has 2 aromatic rings. The summed E-state index contributed by atoms with van der Waals surface area (Å²) >= 11 is 6.18. The normalized spacial score (nSPS) is 22.6. The minimum Gasteiger partial charge on any atom is -0.327 e. The summed E-state index contributed by atoms with van der Waals surface area (Å²) in [6.07, 6.45) is 6.37. The molecule has 0 aromatic heterocycles. The van der Waals surface area contributed by atoms with Crippen molar-refractivity contribution >= 4 is 22.6 Å². The predicted molar refractivity (Wildman–Crippen MR) is 118 cm³/mol. The molecule has 3 nitrogen and oxygen atoms in total. The highest BCUT2D eigenvalue weighted by Crippen LogP contribution is 2.35. The summed E-state index contributed by atoms with van der Waals surface area (Å²) in [7, 11) is -0.887. The summed E-state index contributed by atoms with van der Waals surface area (Å²) in [6.45, 7) is 0.753. The van der Waals surface area contributed by atoms with E-state index in [9.17, 15) is 4.21 Å². The van der Waals surface area contributed by atoms with Crippen molar-refractivity contribution in [3.05, 3.63) is 69.7 Å². The molecule has 0 heterocycles. The van der Waals surface area contributed by atoms with Crippen molar-refractivity contribution in [2.75, 3.05) is 12.3 Å². The SMILES string of the molecule is NC1CCc2ccc(CCNS(=O)CC3CC3)cc2C1Cc1cccc(Cl)c1. The van der Waals surface area contributed by atoms with Gasteiger partial charge in [0.2, 0.25) is 0 Å². The lowest BCUT2D eigenvalue weighted by Crippen LogP contribution is -2.34. The maximum Gasteiger partial charge on any atom is 0.0918 e. The number of nitrogens with two attached hydrogens (primary N) is 1. The Balaban J connectivity index is 1.44. The van der Waals surface area contributed by atoms with E-state index in [4.69, 9.17) is 17.3 Å². The molecule has 4 rings (SSSR count). The third kappa shape index (κ3) is 5.24. The van der Waals surface area contributed by atoms with Crippen LogP contribution in [0.1, 0.15) is 47.4 Å². The molecule has 0 spiro atoms. The first-order chi connectivity index (χ1) is 13.6. The zero-order chi connectivity index (χ0) is 19.5. The van der Waals surface area contributed by atoms with Gasteiger partial charge in [-0.3, -0.25) is 0 Å². The van der Waals surface area contributed by atoms with E-state index in [0.29, 0.717) is 11.8 Å². The van der Waals surface area contributed by atoms with Gasteiger partial charge in [0.1, 0.15) is 0 Å². The molecule has 3 N–H and O–H groups in total. The standard InChI is InChI=1S/C23H29ClN2OS/c24-20-3-1-2-18(12-20)14-22-21-13-16(6-7-19(21)8-9-23(22)25)10-11-26-28(27)15-17-4-5-17/h1-3,6-7,12-13,17,22-23,26H,4-5,8-11,14-15,25H2. The number of aryl methyl sites for hydroxylation is 1. The number of benzene rings is 2. The fourth-order valence-electron chi connectivity index (χ4n) is 4.17. The van der Waals surface area contributed by atoms with E-state index in [-0.39, 0.29) is 6.04 Å². The molecule has 3 atom stereocenters. The van der Waals surface area contributed by atoms with Crippen LogP contribution in [-0.4, -0.2) is 22.5 Å². The summed E-state index contributed by atoms with van der Waals surface area (Å²) in [4.78, 5) is 0. The van der Waals surface area contributed by atoms with E-state index in [1.165, 1.54) is 35.1 Å². The van der Waals surface area contributed by atoms with Crippen molar-refractivity contribution < 1.29 is 4.21 Å². The van der Waals surface area contributed by atoms with Gasteiger partial charge in [-0.05, 0) is 78.8 Å². The fraction of sp³-hybridized carbons (Fsp3) is 0.478. The number of halogens is 1. The van der Waals surface area contributed by atoms with Crippen LogP contribution in [0.25, 0.3) is 0 Å². The minimum atomic E-state index is -0.887. The van der Waals surface area contributed by atoms with Gasteiger partial charge < -0.3 is 5.73 Å². The molecule has 0 radical (unpaired) electrons. The van der Waals surface area contributed by atoms with Crippen molar-refractivity contribution in [2.45, 2.75) is 50.5 Å². The number of fused-ring (bicyclic) bond motifs is 1. The van der Waals surface area contributed by atoms with Gasteiger partial charge in [-0.1, -0.05) is 41.9 Å². The van der Waals surface area contributed by atoms with Crippen molar-refractivity contribution in [3.63, 3.8) is 0 Å². The molecule has 0 saturated heterocycles. The molecule has 1 fully saturated rings. The number of nitrogens with one attached hydrogen (secondary N) is 1. The van der Waals surface area contributed by atoms with Crippen molar-refractivity contribution in [3.8, 4) is 0 Å². The Hall–Kier alpha value is -1.20. The fourth-order valence-corrected chi connectivity index (χ4v) is 5.59. The maximum absolute atomic E-state index is 12.0. The first-order valence-corrected chi connectivity index (χ1v) is 12.0.